The third-order valence-corrected chi connectivity index (χ3v) is 5.32. The van der Waals surface area contributed by atoms with Crippen LogP contribution in [0.2, 0.25) is 5.02 Å². The number of carbonyl (C=O) groups excluding carboxylic acids is 1. The Hall–Kier alpha value is -2.35. The average Bonchev–Trinajstić information content (AvgIpc) is 2.63. The summed E-state index contributed by atoms with van der Waals surface area (Å²) in [5.74, 6) is 0.0592. The van der Waals surface area contributed by atoms with Gasteiger partial charge in [0.25, 0.3) is 0 Å². The van der Waals surface area contributed by atoms with Crippen molar-refractivity contribution in [3.63, 3.8) is 0 Å². The number of ether oxygens (including phenoxy) is 1. The summed E-state index contributed by atoms with van der Waals surface area (Å²) in [4.78, 5) is 12.3. The molecular weight excluding hydrogens is 388 g/mol. The van der Waals surface area contributed by atoms with Crippen molar-refractivity contribution in [1.82, 2.24) is 4.72 Å². The first-order valence-corrected chi connectivity index (χ1v) is 10.2. The summed E-state index contributed by atoms with van der Waals surface area (Å²) in [6.07, 6.45) is 2.94. The number of hydrogen-bond donors (Lipinski definition) is 2. The predicted molar refractivity (Wildman–Crippen MR) is 108 cm³/mol. The topological polar surface area (TPSA) is 84.5 Å². The Labute approximate surface area is 164 Å². The number of hydrogen-bond acceptors (Lipinski definition) is 4. The zero-order chi connectivity index (χ0) is 19.9. The first kappa shape index (κ1) is 21.0. The summed E-state index contributed by atoms with van der Waals surface area (Å²) in [7, 11) is -3.49. The van der Waals surface area contributed by atoms with Crippen LogP contribution in [0.5, 0.6) is 5.75 Å². The summed E-state index contributed by atoms with van der Waals surface area (Å²) in [5.41, 5.74) is 1.17. The number of para-hydroxylation sites is 1. The van der Waals surface area contributed by atoms with Crippen LogP contribution in [0.4, 0.5) is 5.69 Å². The van der Waals surface area contributed by atoms with Gasteiger partial charge in [0.1, 0.15) is 0 Å². The molecule has 0 saturated heterocycles. The van der Waals surface area contributed by atoms with Gasteiger partial charge in [-0.1, -0.05) is 36.7 Å². The molecule has 0 spiro atoms. The Balaban J connectivity index is 2.08. The van der Waals surface area contributed by atoms with E-state index >= 15 is 0 Å². The van der Waals surface area contributed by atoms with E-state index in [9.17, 15) is 13.2 Å². The van der Waals surface area contributed by atoms with Gasteiger partial charge in [-0.25, -0.2) is 13.1 Å². The third-order valence-electron chi connectivity index (χ3n) is 3.47. The quantitative estimate of drug-likeness (QED) is 0.652. The first-order valence-electron chi connectivity index (χ1n) is 8.37. The SMILES string of the molecule is CCNS(=O)(=O)c1ccc(C=CC(=O)Nc2cccc(Cl)c2OCC)cc1. The van der Waals surface area contributed by atoms with E-state index in [0.717, 1.165) is 0 Å². The molecular formula is C19H21ClN2O4S. The zero-order valence-corrected chi connectivity index (χ0v) is 16.6. The molecule has 0 bridgehead atoms. The number of rotatable bonds is 8. The molecule has 27 heavy (non-hydrogen) atoms. The van der Waals surface area contributed by atoms with E-state index in [4.69, 9.17) is 16.3 Å². The Kier molecular flexibility index (Phi) is 7.41. The summed E-state index contributed by atoms with van der Waals surface area (Å²) in [6, 6.07) is 11.3. The number of halogens is 1. The van der Waals surface area contributed by atoms with Crippen molar-refractivity contribution >= 4 is 39.3 Å². The van der Waals surface area contributed by atoms with Crippen LogP contribution in [0.15, 0.2) is 53.4 Å². The van der Waals surface area contributed by atoms with Crippen LogP contribution in [0.3, 0.4) is 0 Å². The maximum absolute atomic E-state index is 12.2. The smallest absolute Gasteiger partial charge is 0.248 e. The maximum atomic E-state index is 12.2. The number of carbonyl (C=O) groups is 1. The standard InChI is InChI=1S/C19H21ClN2O4S/c1-3-21-27(24,25)15-11-8-14(9-12-15)10-13-18(23)22-17-7-5-6-16(20)19(17)26-4-2/h5-13,21H,3-4H2,1-2H3,(H,22,23). The van der Waals surface area contributed by atoms with Crippen LogP contribution in [0.25, 0.3) is 6.08 Å². The van der Waals surface area contributed by atoms with Crippen LogP contribution in [0.1, 0.15) is 19.4 Å². The highest BCUT2D eigenvalue weighted by Crippen LogP contribution is 2.32. The lowest BCUT2D eigenvalue weighted by molar-refractivity contribution is -0.111. The largest absolute Gasteiger partial charge is 0.490 e. The number of amides is 1. The lowest BCUT2D eigenvalue weighted by atomic mass is 10.2. The lowest BCUT2D eigenvalue weighted by Gasteiger charge is -2.11. The zero-order valence-electron chi connectivity index (χ0n) is 15.0. The van der Waals surface area contributed by atoms with E-state index in [1.54, 1.807) is 43.3 Å². The van der Waals surface area contributed by atoms with Crippen molar-refractivity contribution in [2.75, 3.05) is 18.5 Å². The Morgan fingerprint density at radius 3 is 2.48 bits per heavy atom. The summed E-state index contributed by atoms with van der Waals surface area (Å²) in [6.45, 7) is 4.28. The number of nitrogens with one attached hydrogen (secondary N) is 2. The van der Waals surface area contributed by atoms with E-state index in [0.29, 0.717) is 35.2 Å². The van der Waals surface area contributed by atoms with Crippen LogP contribution in [-0.2, 0) is 14.8 Å². The minimum absolute atomic E-state index is 0.172. The minimum Gasteiger partial charge on any atom is -0.490 e. The van der Waals surface area contributed by atoms with Gasteiger partial charge in [0.15, 0.2) is 5.75 Å². The highest BCUT2D eigenvalue weighted by atomic mass is 35.5. The molecule has 6 nitrogen and oxygen atoms in total. The van der Waals surface area contributed by atoms with Crippen molar-refractivity contribution in [2.24, 2.45) is 0 Å². The number of benzene rings is 2. The molecule has 1 amide bonds. The highest BCUT2D eigenvalue weighted by molar-refractivity contribution is 7.89. The normalized spacial score (nSPS) is 11.5. The number of anilines is 1. The van der Waals surface area contributed by atoms with Gasteiger partial charge >= 0.3 is 0 Å². The fraction of sp³-hybridized carbons (Fsp3) is 0.211. The molecule has 8 heteroatoms. The molecule has 0 heterocycles. The van der Waals surface area contributed by atoms with Gasteiger partial charge in [-0.3, -0.25) is 4.79 Å². The molecule has 0 aliphatic rings. The number of sulfonamides is 1. The van der Waals surface area contributed by atoms with Gasteiger partial charge in [-0.05, 0) is 42.8 Å². The van der Waals surface area contributed by atoms with Gasteiger partial charge in [-0.2, -0.15) is 0 Å². The molecule has 0 aliphatic heterocycles. The molecule has 0 aliphatic carbocycles. The van der Waals surface area contributed by atoms with Crippen molar-refractivity contribution in [2.45, 2.75) is 18.7 Å². The van der Waals surface area contributed by atoms with Gasteiger partial charge < -0.3 is 10.1 Å². The van der Waals surface area contributed by atoms with E-state index in [1.165, 1.54) is 18.2 Å². The second-order valence-corrected chi connectivity index (χ2v) is 7.62. The second kappa shape index (κ2) is 9.55. The van der Waals surface area contributed by atoms with Crippen LogP contribution in [0, 0.1) is 0 Å². The van der Waals surface area contributed by atoms with Crippen molar-refractivity contribution in [1.29, 1.82) is 0 Å². The third kappa shape index (κ3) is 5.82. The van der Waals surface area contributed by atoms with Gasteiger partial charge in [-0.15, -0.1) is 0 Å². The predicted octanol–water partition coefficient (Wildman–Crippen LogP) is 3.69. The summed E-state index contributed by atoms with van der Waals surface area (Å²) in [5, 5.41) is 3.13. The molecule has 2 N–H and O–H groups in total. The maximum Gasteiger partial charge on any atom is 0.248 e. The highest BCUT2D eigenvalue weighted by Gasteiger charge is 2.12. The summed E-state index contributed by atoms with van der Waals surface area (Å²) >= 11 is 6.09. The van der Waals surface area contributed by atoms with E-state index in [-0.39, 0.29) is 10.8 Å². The van der Waals surface area contributed by atoms with E-state index in [1.807, 2.05) is 6.92 Å². The van der Waals surface area contributed by atoms with Crippen molar-refractivity contribution in [3.05, 3.63) is 59.1 Å². The van der Waals surface area contributed by atoms with Crippen molar-refractivity contribution in [3.8, 4) is 5.75 Å². The Morgan fingerprint density at radius 1 is 1.15 bits per heavy atom. The summed E-state index contributed by atoms with van der Waals surface area (Å²) < 4.78 is 31.7. The minimum atomic E-state index is -3.49. The van der Waals surface area contributed by atoms with Gasteiger partial charge in [0, 0.05) is 12.6 Å². The second-order valence-electron chi connectivity index (χ2n) is 5.44. The van der Waals surface area contributed by atoms with Gasteiger partial charge in [0.05, 0.1) is 22.2 Å². The van der Waals surface area contributed by atoms with Crippen LogP contribution >= 0.6 is 11.6 Å². The average molecular weight is 409 g/mol. The Bertz CT molecular complexity index is 925. The molecule has 0 saturated carbocycles. The monoisotopic (exact) mass is 408 g/mol. The van der Waals surface area contributed by atoms with E-state index in [2.05, 4.69) is 10.0 Å². The Morgan fingerprint density at radius 2 is 1.85 bits per heavy atom. The molecule has 0 unspecified atom stereocenters. The van der Waals surface area contributed by atoms with Crippen LogP contribution in [-0.4, -0.2) is 27.5 Å². The van der Waals surface area contributed by atoms with Gasteiger partial charge in [0.2, 0.25) is 15.9 Å². The molecule has 0 fully saturated rings. The molecule has 144 valence electrons. The fourth-order valence-corrected chi connectivity index (χ4v) is 3.55. The van der Waals surface area contributed by atoms with Crippen molar-refractivity contribution < 1.29 is 17.9 Å². The molecule has 2 aromatic carbocycles. The molecule has 2 rings (SSSR count). The lowest BCUT2D eigenvalue weighted by Crippen LogP contribution is -2.22. The first-order chi connectivity index (χ1) is 12.9. The van der Waals surface area contributed by atoms with Crippen LogP contribution < -0.4 is 14.8 Å². The fourth-order valence-electron chi connectivity index (χ4n) is 2.28. The molecule has 0 atom stereocenters. The molecule has 2 aromatic rings. The molecule has 0 radical (unpaired) electrons. The van der Waals surface area contributed by atoms with E-state index < -0.39 is 10.0 Å². The molecule has 0 aromatic heterocycles.